The lowest BCUT2D eigenvalue weighted by molar-refractivity contribution is 0.102. The number of para-hydroxylation sites is 1. The molecular weight excluding hydrogens is 488 g/mol. The predicted molar refractivity (Wildman–Crippen MR) is 145 cm³/mol. The number of carbonyl (C=O) groups excluding carboxylic acids is 1. The number of rotatable bonds is 9. The molecule has 4 aromatic carbocycles. The van der Waals surface area contributed by atoms with Crippen molar-refractivity contribution in [3.8, 4) is 11.5 Å². The maximum Gasteiger partial charge on any atom is 0.264 e. The molecule has 0 saturated carbocycles. The summed E-state index contributed by atoms with van der Waals surface area (Å²) in [6.45, 7) is 1.95. The van der Waals surface area contributed by atoms with Crippen LogP contribution >= 0.6 is 0 Å². The Morgan fingerprint density at radius 3 is 2.14 bits per heavy atom. The maximum absolute atomic E-state index is 13.9. The molecule has 0 aromatic heterocycles. The Kier molecular flexibility index (Phi) is 7.79. The van der Waals surface area contributed by atoms with E-state index in [2.05, 4.69) is 5.32 Å². The number of ether oxygens (including phenoxy) is 2. The van der Waals surface area contributed by atoms with Crippen molar-refractivity contribution >= 4 is 27.3 Å². The summed E-state index contributed by atoms with van der Waals surface area (Å²) in [4.78, 5) is 13.6. The topological polar surface area (TPSA) is 84.9 Å². The zero-order valence-electron chi connectivity index (χ0n) is 20.8. The molecule has 0 aliphatic heterocycles. The molecule has 4 rings (SSSR count). The van der Waals surface area contributed by atoms with E-state index in [1.165, 1.54) is 18.5 Å². The number of methoxy groups -OCH3 is 2. The van der Waals surface area contributed by atoms with E-state index in [9.17, 15) is 13.2 Å². The van der Waals surface area contributed by atoms with Gasteiger partial charge in [-0.3, -0.25) is 9.10 Å². The van der Waals surface area contributed by atoms with Gasteiger partial charge in [0, 0.05) is 11.8 Å². The van der Waals surface area contributed by atoms with Gasteiger partial charge < -0.3 is 14.8 Å². The molecule has 8 heteroatoms. The van der Waals surface area contributed by atoms with Crippen molar-refractivity contribution in [2.75, 3.05) is 23.8 Å². The number of aryl methyl sites for hydroxylation is 1. The van der Waals surface area contributed by atoms with Gasteiger partial charge >= 0.3 is 0 Å². The number of sulfonamides is 1. The summed E-state index contributed by atoms with van der Waals surface area (Å²) in [5, 5.41) is 2.85. The smallest absolute Gasteiger partial charge is 0.264 e. The van der Waals surface area contributed by atoms with Gasteiger partial charge in [-0.2, -0.15) is 0 Å². The molecule has 190 valence electrons. The molecule has 0 aliphatic carbocycles. The first-order valence-corrected chi connectivity index (χ1v) is 13.0. The van der Waals surface area contributed by atoms with Gasteiger partial charge in [0.2, 0.25) is 0 Å². The van der Waals surface area contributed by atoms with Gasteiger partial charge in [0.25, 0.3) is 15.9 Å². The summed E-state index contributed by atoms with van der Waals surface area (Å²) in [6, 6.07) is 27.6. The van der Waals surface area contributed by atoms with Gasteiger partial charge in [-0.05, 0) is 48.9 Å². The minimum atomic E-state index is -4.00. The lowest BCUT2D eigenvalue weighted by Gasteiger charge is -2.27. The van der Waals surface area contributed by atoms with E-state index >= 15 is 0 Å². The molecule has 0 bridgehead atoms. The second kappa shape index (κ2) is 11.2. The SMILES string of the molecule is COc1ccc(NC(=O)c2ccccc2N(Cc2ccccc2)S(=O)(=O)c2ccc(C)cc2)cc1OC. The second-order valence-corrected chi connectivity index (χ2v) is 10.2. The summed E-state index contributed by atoms with van der Waals surface area (Å²) >= 11 is 0. The highest BCUT2D eigenvalue weighted by Crippen LogP contribution is 2.32. The molecule has 0 saturated heterocycles. The Bertz CT molecular complexity index is 1490. The summed E-state index contributed by atoms with van der Waals surface area (Å²) < 4.78 is 39.7. The third-order valence-corrected chi connectivity index (χ3v) is 7.61. The van der Waals surface area contributed by atoms with Crippen molar-refractivity contribution < 1.29 is 22.7 Å². The van der Waals surface area contributed by atoms with E-state index in [4.69, 9.17) is 9.47 Å². The number of benzene rings is 4. The highest BCUT2D eigenvalue weighted by molar-refractivity contribution is 7.92. The lowest BCUT2D eigenvalue weighted by atomic mass is 10.1. The van der Waals surface area contributed by atoms with Crippen LogP contribution in [0.5, 0.6) is 11.5 Å². The van der Waals surface area contributed by atoms with Crippen molar-refractivity contribution in [3.05, 3.63) is 114 Å². The van der Waals surface area contributed by atoms with Crippen molar-refractivity contribution in [1.29, 1.82) is 0 Å². The van der Waals surface area contributed by atoms with E-state index in [1.54, 1.807) is 66.7 Å². The van der Waals surface area contributed by atoms with E-state index in [0.717, 1.165) is 11.1 Å². The van der Waals surface area contributed by atoms with Crippen LogP contribution in [0.2, 0.25) is 0 Å². The van der Waals surface area contributed by atoms with Crippen LogP contribution in [0.25, 0.3) is 0 Å². The zero-order valence-corrected chi connectivity index (χ0v) is 21.7. The normalized spacial score (nSPS) is 11.0. The second-order valence-electron chi connectivity index (χ2n) is 8.35. The highest BCUT2D eigenvalue weighted by atomic mass is 32.2. The molecule has 0 unspecified atom stereocenters. The van der Waals surface area contributed by atoms with Crippen molar-refractivity contribution in [2.24, 2.45) is 0 Å². The molecule has 0 heterocycles. The molecule has 0 fully saturated rings. The van der Waals surface area contributed by atoms with Crippen LogP contribution in [0.15, 0.2) is 102 Å². The Hall–Kier alpha value is -4.30. The molecule has 0 aliphatic rings. The van der Waals surface area contributed by atoms with Gasteiger partial charge in [-0.15, -0.1) is 0 Å². The molecule has 1 amide bonds. The van der Waals surface area contributed by atoms with Gasteiger partial charge in [0.1, 0.15) is 0 Å². The highest BCUT2D eigenvalue weighted by Gasteiger charge is 2.28. The van der Waals surface area contributed by atoms with Crippen LogP contribution in [0.3, 0.4) is 0 Å². The van der Waals surface area contributed by atoms with Crippen LogP contribution in [-0.4, -0.2) is 28.5 Å². The minimum Gasteiger partial charge on any atom is -0.493 e. The summed E-state index contributed by atoms with van der Waals surface area (Å²) in [5.41, 5.74) is 2.69. The molecule has 0 radical (unpaired) electrons. The number of hydrogen-bond donors (Lipinski definition) is 1. The fraction of sp³-hybridized carbons (Fsp3) is 0.138. The first-order valence-electron chi connectivity index (χ1n) is 11.6. The zero-order chi connectivity index (χ0) is 26.4. The number of hydrogen-bond acceptors (Lipinski definition) is 5. The molecule has 37 heavy (non-hydrogen) atoms. The lowest BCUT2D eigenvalue weighted by Crippen LogP contribution is -2.32. The summed E-state index contributed by atoms with van der Waals surface area (Å²) in [5.74, 6) is 0.528. The summed E-state index contributed by atoms with van der Waals surface area (Å²) in [6.07, 6.45) is 0. The van der Waals surface area contributed by atoms with Crippen molar-refractivity contribution in [3.63, 3.8) is 0 Å². The third-order valence-electron chi connectivity index (χ3n) is 5.84. The number of anilines is 2. The molecule has 0 spiro atoms. The standard InChI is InChI=1S/C29H28N2O5S/c1-21-13-16-24(17-14-21)37(33,34)31(20-22-9-5-4-6-10-22)26-12-8-7-11-25(26)29(32)30-23-15-18-27(35-2)28(19-23)36-3/h4-19H,20H2,1-3H3,(H,30,32). The van der Waals surface area contributed by atoms with Crippen molar-refractivity contribution in [2.45, 2.75) is 18.4 Å². The Morgan fingerprint density at radius 1 is 0.811 bits per heavy atom. The average molecular weight is 517 g/mol. The van der Waals surface area contributed by atoms with Crippen molar-refractivity contribution in [1.82, 2.24) is 0 Å². The van der Waals surface area contributed by atoms with Gasteiger partial charge in [0.15, 0.2) is 11.5 Å². The average Bonchev–Trinajstić information content (AvgIpc) is 2.92. The number of carbonyl (C=O) groups is 1. The third kappa shape index (κ3) is 5.76. The first-order chi connectivity index (χ1) is 17.8. The van der Waals surface area contributed by atoms with E-state index in [1.807, 2.05) is 37.3 Å². The van der Waals surface area contributed by atoms with Gasteiger partial charge in [0.05, 0.1) is 36.9 Å². The summed E-state index contributed by atoms with van der Waals surface area (Å²) in [7, 11) is -0.961. The fourth-order valence-electron chi connectivity index (χ4n) is 3.88. The number of amides is 1. The largest absolute Gasteiger partial charge is 0.493 e. The first kappa shape index (κ1) is 25.8. The molecule has 4 aromatic rings. The Balaban J connectivity index is 1.76. The number of nitrogens with one attached hydrogen (secondary N) is 1. The number of nitrogens with zero attached hydrogens (tertiary/aromatic N) is 1. The Morgan fingerprint density at radius 2 is 1.46 bits per heavy atom. The van der Waals surface area contributed by atoms with E-state index in [0.29, 0.717) is 17.2 Å². The van der Waals surface area contributed by atoms with Crippen LogP contribution < -0.4 is 19.1 Å². The van der Waals surface area contributed by atoms with Gasteiger partial charge in [-0.1, -0.05) is 60.2 Å². The van der Waals surface area contributed by atoms with Gasteiger partial charge in [-0.25, -0.2) is 8.42 Å². The molecular formula is C29H28N2O5S. The van der Waals surface area contributed by atoms with Crippen LogP contribution in [0.1, 0.15) is 21.5 Å². The molecule has 7 nitrogen and oxygen atoms in total. The fourth-order valence-corrected chi connectivity index (χ4v) is 5.35. The quantitative estimate of drug-likeness (QED) is 0.310. The predicted octanol–water partition coefficient (Wildman–Crippen LogP) is 5.66. The molecule has 1 N–H and O–H groups in total. The minimum absolute atomic E-state index is 0.0533. The monoisotopic (exact) mass is 516 g/mol. The van der Waals surface area contributed by atoms with Crippen LogP contribution in [0.4, 0.5) is 11.4 Å². The maximum atomic E-state index is 13.9. The van der Waals surface area contributed by atoms with E-state index in [-0.39, 0.29) is 22.7 Å². The Labute approximate surface area is 217 Å². The van der Waals surface area contributed by atoms with Crippen LogP contribution in [-0.2, 0) is 16.6 Å². The van der Waals surface area contributed by atoms with Crippen LogP contribution in [0, 0.1) is 6.92 Å². The molecule has 0 atom stereocenters. The van der Waals surface area contributed by atoms with E-state index < -0.39 is 15.9 Å².